The third-order valence-corrected chi connectivity index (χ3v) is 6.73. The Morgan fingerprint density at radius 1 is 1.26 bits per heavy atom. The summed E-state index contributed by atoms with van der Waals surface area (Å²) < 4.78 is 0. The molecule has 0 spiro atoms. The quantitative estimate of drug-likeness (QED) is 0.615. The van der Waals surface area contributed by atoms with Crippen molar-refractivity contribution in [3.8, 4) is 0 Å². The summed E-state index contributed by atoms with van der Waals surface area (Å²) in [5, 5.41) is 3.03. The largest absolute Gasteiger partial charge is 0.355 e. The lowest BCUT2D eigenvalue weighted by Gasteiger charge is -2.37. The minimum atomic E-state index is 0.223. The molecule has 4 heteroatoms. The van der Waals surface area contributed by atoms with Crippen LogP contribution < -0.4 is 5.32 Å². The standard InChI is InChI=1S/C23H43N3O/c1-19-7-6-13-23(2,3)21(19)12-17-26-15-10-20(11-16-26)8-9-22(27)24-14-18-25(4)5/h20H,6-18H2,1-5H3,(H,24,27). The lowest BCUT2D eigenvalue weighted by molar-refractivity contribution is -0.121. The number of likely N-dealkylation sites (tertiary alicyclic amines) is 1. The summed E-state index contributed by atoms with van der Waals surface area (Å²) in [6.07, 6.45) is 9.51. The first kappa shape index (κ1) is 22.4. The first-order valence-corrected chi connectivity index (χ1v) is 11.1. The number of amides is 1. The van der Waals surface area contributed by atoms with Gasteiger partial charge in [-0.05, 0) is 90.4 Å². The van der Waals surface area contributed by atoms with Crippen LogP contribution in [0.1, 0.15) is 72.1 Å². The highest BCUT2D eigenvalue weighted by Gasteiger charge is 2.28. The fraction of sp³-hybridized carbons (Fsp3) is 0.870. The van der Waals surface area contributed by atoms with Gasteiger partial charge in [-0.25, -0.2) is 0 Å². The minimum Gasteiger partial charge on any atom is -0.355 e. The highest BCUT2D eigenvalue weighted by molar-refractivity contribution is 5.75. The van der Waals surface area contributed by atoms with Crippen LogP contribution in [0.2, 0.25) is 0 Å². The maximum absolute atomic E-state index is 12.0. The molecule has 1 aliphatic heterocycles. The van der Waals surface area contributed by atoms with Gasteiger partial charge in [0.15, 0.2) is 0 Å². The molecule has 27 heavy (non-hydrogen) atoms. The molecule has 1 saturated heterocycles. The number of carbonyl (C=O) groups excluding carboxylic acids is 1. The molecule has 0 bridgehead atoms. The molecule has 1 amide bonds. The maximum atomic E-state index is 12.0. The van der Waals surface area contributed by atoms with Crippen LogP contribution in [0, 0.1) is 11.3 Å². The summed E-state index contributed by atoms with van der Waals surface area (Å²) in [6.45, 7) is 12.5. The Hall–Kier alpha value is -0.870. The van der Waals surface area contributed by atoms with Crippen molar-refractivity contribution in [1.29, 1.82) is 0 Å². The Bertz CT molecular complexity index is 502. The van der Waals surface area contributed by atoms with Gasteiger partial charge in [0, 0.05) is 26.1 Å². The lowest BCUT2D eigenvalue weighted by Crippen LogP contribution is -2.36. The van der Waals surface area contributed by atoms with Crippen LogP contribution in [0.5, 0.6) is 0 Å². The van der Waals surface area contributed by atoms with Crippen LogP contribution in [-0.4, -0.2) is 62.5 Å². The molecule has 1 heterocycles. The molecule has 0 atom stereocenters. The number of allylic oxidation sites excluding steroid dienone is 1. The van der Waals surface area contributed by atoms with E-state index in [0.29, 0.717) is 11.8 Å². The first-order chi connectivity index (χ1) is 12.8. The number of rotatable bonds is 9. The van der Waals surface area contributed by atoms with Gasteiger partial charge in [0.1, 0.15) is 0 Å². The van der Waals surface area contributed by atoms with E-state index < -0.39 is 0 Å². The van der Waals surface area contributed by atoms with Crippen molar-refractivity contribution in [2.45, 2.75) is 72.1 Å². The van der Waals surface area contributed by atoms with E-state index in [2.05, 4.69) is 35.9 Å². The second-order valence-corrected chi connectivity index (χ2v) is 9.72. The molecule has 4 nitrogen and oxygen atoms in total. The predicted molar refractivity (Wildman–Crippen MR) is 115 cm³/mol. The van der Waals surface area contributed by atoms with Crippen molar-refractivity contribution in [2.75, 3.05) is 46.8 Å². The SMILES string of the molecule is CC1=C(CCN2CCC(CCC(=O)NCCN(C)C)CC2)C(C)(C)CCC1. The summed E-state index contributed by atoms with van der Waals surface area (Å²) in [6, 6.07) is 0. The van der Waals surface area contributed by atoms with Gasteiger partial charge in [-0.15, -0.1) is 0 Å². The van der Waals surface area contributed by atoms with Gasteiger partial charge < -0.3 is 15.1 Å². The van der Waals surface area contributed by atoms with Crippen molar-refractivity contribution in [3.05, 3.63) is 11.1 Å². The molecule has 1 aliphatic carbocycles. The molecule has 1 fully saturated rings. The number of likely N-dealkylation sites (N-methyl/N-ethyl adjacent to an activating group) is 1. The van der Waals surface area contributed by atoms with Gasteiger partial charge in [0.25, 0.3) is 0 Å². The monoisotopic (exact) mass is 377 g/mol. The van der Waals surface area contributed by atoms with E-state index in [9.17, 15) is 4.79 Å². The highest BCUT2D eigenvalue weighted by Crippen LogP contribution is 2.41. The summed E-state index contributed by atoms with van der Waals surface area (Å²) in [5.41, 5.74) is 3.78. The Balaban J connectivity index is 1.63. The van der Waals surface area contributed by atoms with Crippen LogP contribution in [0.25, 0.3) is 0 Å². The number of nitrogens with one attached hydrogen (secondary N) is 1. The van der Waals surface area contributed by atoms with Gasteiger partial charge >= 0.3 is 0 Å². The molecule has 1 N–H and O–H groups in total. The van der Waals surface area contributed by atoms with E-state index in [1.165, 1.54) is 58.2 Å². The fourth-order valence-corrected chi connectivity index (χ4v) is 4.84. The molecule has 0 saturated carbocycles. The van der Waals surface area contributed by atoms with Gasteiger partial charge in [0.05, 0.1) is 0 Å². The highest BCUT2D eigenvalue weighted by atomic mass is 16.1. The molecule has 2 aliphatic rings. The first-order valence-electron chi connectivity index (χ1n) is 11.1. The van der Waals surface area contributed by atoms with E-state index in [-0.39, 0.29) is 5.91 Å². The molecule has 0 aromatic carbocycles. The Labute approximate surface area is 167 Å². The number of nitrogens with zero attached hydrogens (tertiary/aromatic N) is 2. The number of carbonyl (C=O) groups is 1. The topological polar surface area (TPSA) is 35.6 Å². The van der Waals surface area contributed by atoms with Crippen LogP contribution in [-0.2, 0) is 4.79 Å². The summed E-state index contributed by atoms with van der Waals surface area (Å²) in [4.78, 5) is 16.7. The molecular weight excluding hydrogens is 334 g/mol. The Morgan fingerprint density at radius 2 is 1.96 bits per heavy atom. The molecule has 2 rings (SSSR count). The summed E-state index contributed by atoms with van der Waals surface area (Å²) in [5.74, 6) is 0.953. The van der Waals surface area contributed by atoms with E-state index in [0.717, 1.165) is 25.4 Å². The summed E-state index contributed by atoms with van der Waals surface area (Å²) >= 11 is 0. The van der Waals surface area contributed by atoms with E-state index in [1.54, 1.807) is 11.1 Å². The van der Waals surface area contributed by atoms with Crippen molar-refractivity contribution in [1.82, 2.24) is 15.1 Å². The summed E-state index contributed by atoms with van der Waals surface area (Å²) in [7, 11) is 4.07. The zero-order valence-corrected chi connectivity index (χ0v) is 18.6. The number of hydrogen-bond donors (Lipinski definition) is 1. The van der Waals surface area contributed by atoms with Crippen LogP contribution in [0.3, 0.4) is 0 Å². The fourth-order valence-electron chi connectivity index (χ4n) is 4.84. The molecule has 0 unspecified atom stereocenters. The smallest absolute Gasteiger partial charge is 0.220 e. The second kappa shape index (κ2) is 10.6. The van der Waals surface area contributed by atoms with Crippen molar-refractivity contribution < 1.29 is 4.79 Å². The Morgan fingerprint density at radius 3 is 2.59 bits per heavy atom. The maximum Gasteiger partial charge on any atom is 0.220 e. The molecular formula is C23H43N3O. The molecule has 0 aromatic rings. The average molecular weight is 378 g/mol. The van der Waals surface area contributed by atoms with Gasteiger partial charge in [0.2, 0.25) is 5.91 Å². The van der Waals surface area contributed by atoms with Crippen LogP contribution in [0.15, 0.2) is 11.1 Å². The zero-order chi connectivity index (χ0) is 19.9. The van der Waals surface area contributed by atoms with E-state index >= 15 is 0 Å². The number of piperidine rings is 1. The predicted octanol–water partition coefficient (Wildman–Crippen LogP) is 4.07. The second-order valence-electron chi connectivity index (χ2n) is 9.72. The van der Waals surface area contributed by atoms with Crippen molar-refractivity contribution in [2.24, 2.45) is 11.3 Å². The van der Waals surface area contributed by atoms with Crippen LogP contribution >= 0.6 is 0 Å². The molecule has 0 aromatic heterocycles. The van der Waals surface area contributed by atoms with Crippen LogP contribution in [0.4, 0.5) is 0 Å². The van der Waals surface area contributed by atoms with E-state index in [4.69, 9.17) is 0 Å². The van der Waals surface area contributed by atoms with Gasteiger partial charge in [-0.2, -0.15) is 0 Å². The van der Waals surface area contributed by atoms with E-state index in [1.807, 2.05) is 14.1 Å². The normalized spacial score (nSPS) is 21.7. The molecule has 156 valence electrons. The van der Waals surface area contributed by atoms with Crippen molar-refractivity contribution >= 4 is 5.91 Å². The van der Waals surface area contributed by atoms with Crippen molar-refractivity contribution in [3.63, 3.8) is 0 Å². The minimum absolute atomic E-state index is 0.223. The Kier molecular flexibility index (Phi) is 8.81. The lowest BCUT2D eigenvalue weighted by atomic mass is 9.71. The average Bonchev–Trinajstić information content (AvgIpc) is 2.59. The van der Waals surface area contributed by atoms with Gasteiger partial charge in [-0.3, -0.25) is 4.79 Å². The number of hydrogen-bond acceptors (Lipinski definition) is 3. The third-order valence-electron chi connectivity index (χ3n) is 6.73. The molecule has 0 radical (unpaired) electrons. The zero-order valence-electron chi connectivity index (χ0n) is 18.6. The van der Waals surface area contributed by atoms with Gasteiger partial charge in [-0.1, -0.05) is 25.0 Å². The third kappa shape index (κ3) is 7.57.